The van der Waals surface area contributed by atoms with Gasteiger partial charge in [0, 0.05) is 12.8 Å². The van der Waals surface area contributed by atoms with Gasteiger partial charge >= 0.3 is 19.8 Å². The summed E-state index contributed by atoms with van der Waals surface area (Å²) in [5, 5.41) is 0. The van der Waals surface area contributed by atoms with Crippen molar-refractivity contribution in [2.24, 2.45) is 5.92 Å². The summed E-state index contributed by atoms with van der Waals surface area (Å²) in [7, 11) is -4.77. The molecule has 1 heterocycles. The molecule has 0 radical (unpaired) electrons. The van der Waals surface area contributed by atoms with Crippen molar-refractivity contribution in [1.82, 2.24) is 0 Å². The highest BCUT2D eigenvalue weighted by atomic mass is 31.2. The van der Waals surface area contributed by atoms with Crippen LogP contribution in [-0.4, -0.2) is 53.3 Å². The van der Waals surface area contributed by atoms with Crippen LogP contribution >= 0.6 is 7.82 Å². The summed E-state index contributed by atoms with van der Waals surface area (Å²) < 4.78 is 32.1. The van der Waals surface area contributed by atoms with Gasteiger partial charge in [-0.2, -0.15) is 0 Å². The standard InChI is InChI=1S/C40H71O9P/c1-4-6-7-8-9-12-16-19-24-29-37-38(49-37)30-25-21-22-26-31-39(41)46-33-36(34-47-50(43,44)45)48-40(42)32-27-20-17-14-11-10-13-15-18-23-28-35(3)5-2/h9,12,19,21,24-25,35-38H,4-8,10-11,13-18,20,22-23,26-34H2,1-3H3,(H2,43,44,45)/b12-9-,24-19-,25-21-/t35?,36-,37?,38?/m1/s1. The number of unbranched alkanes of at least 4 members (excludes halogenated alkanes) is 13. The quantitative estimate of drug-likeness (QED) is 0.0219. The third-order valence-corrected chi connectivity index (χ3v) is 9.59. The Morgan fingerprint density at radius 1 is 0.700 bits per heavy atom. The van der Waals surface area contributed by atoms with Crippen LogP contribution in [0.15, 0.2) is 36.5 Å². The van der Waals surface area contributed by atoms with Crippen molar-refractivity contribution >= 4 is 19.8 Å². The highest BCUT2D eigenvalue weighted by molar-refractivity contribution is 7.46. The van der Waals surface area contributed by atoms with Crippen LogP contribution in [0.3, 0.4) is 0 Å². The molecular formula is C40H71O9P. The molecule has 3 unspecified atom stereocenters. The Bertz CT molecular complexity index is 989. The van der Waals surface area contributed by atoms with E-state index in [0.717, 1.165) is 57.3 Å². The summed E-state index contributed by atoms with van der Waals surface area (Å²) in [6.07, 6.45) is 36.1. The minimum atomic E-state index is -4.77. The molecule has 1 rings (SSSR count). The van der Waals surface area contributed by atoms with E-state index in [0.29, 0.717) is 12.8 Å². The Morgan fingerprint density at radius 2 is 1.26 bits per heavy atom. The molecule has 0 spiro atoms. The predicted molar refractivity (Wildman–Crippen MR) is 202 cm³/mol. The fourth-order valence-corrected chi connectivity index (χ4v) is 5.98. The van der Waals surface area contributed by atoms with E-state index in [1.807, 2.05) is 6.08 Å². The van der Waals surface area contributed by atoms with Gasteiger partial charge in [0.2, 0.25) is 0 Å². The number of epoxide rings is 1. The monoisotopic (exact) mass is 726 g/mol. The van der Waals surface area contributed by atoms with Gasteiger partial charge in [-0.25, -0.2) is 4.57 Å². The molecule has 0 aliphatic carbocycles. The summed E-state index contributed by atoms with van der Waals surface area (Å²) in [6.45, 7) is 5.93. The van der Waals surface area contributed by atoms with E-state index in [-0.39, 0.29) is 31.7 Å². The number of phosphoric acid groups is 1. The van der Waals surface area contributed by atoms with Gasteiger partial charge in [-0.3, -0.25) is 14.1 Å². The molecule has 0 aromatic rings. The van der Waals surface area contributed by atoms with E-state index >= 15 is 0 Å². The van der Waals surface area contributed by atoms with Crippen molar-refractivity contribution in [1.29, 1.82) is 0 Å². The van der Waals surface area contributed by atoms with Gasteiger partial charge in [0.15, 0.2) is 6.10 Å². The summed E-state index contributed by atoms with van der Waals surface area (Å²) in [5.74, 6) is -0.115. The first kappa shape index (κ1) is 46.3. The lowest BCUT2D eigenvalue weighted by molar-refractivity contribution is -0.161. The third-order valence-electron chi connectivity index (χ3n) is 9.10. The zero-order valence-electron chi connectivity index (χ0n) is 31.7. The van der Waals surface area contributed by atoms with Gasteiger partial charge in [0.1, 0.15) is 6.61 Å². The smallest absolute Gasteiger partial charge is 0.462 e. The molecule has 2 N–H and O–H groups in total. The van der Waals surface area contributed by atoms with Crippen molar-refractivity contribution < 1.29 is 42.7 Å². The Kier molecular flexibility index (Phi) is 28.5. The Labute approximate surface area is 304 Å². The SMILES string of the molecule is CCCCC/C=C\C/C=C\CC1OC1C/C=C\CCCC(=O)OC[C@H](COP(=O)(O)O)OC(=O)CCCCCCCCCCCCC(C)CC. The van der Waals surface area contributed by atoms with Gasteiger partial charge in [-0.1, -0.05) is 141 Å². The van der Waals surface area contributed by atoms with Crippen molar-refractivity contribution in [2.45, 2.75) is 187 Å². The zero-order chi connectivity index (χ0) is 36.7. The molecule has 0 saturated carbocycles. The molecule has 50 heavy (non-hydrogen) atoms. The van der Waals surface area contributed by atoms with Gasteiger partial charge in [-0.15, -0.1) is 0 Å². The fraction of sp³-hybridized carbons (Fsp3) is 0.800. The first-order valence-corrected chi connectivity index (χ1v) is 21.3. The molecule has 290 valence electrons. The molecular weight excluding hydrogens is 655 g/mol. The van der Waals surface area contributed by atoms with E-state index in [2.05, 4.69) is 55.7 Å². The van der Waals surface area contributed by atoms with Crippen molar-refractivity contribution in [3.05, 3.63) is 36.5 Å². The topological polar surface area (TPSA) is 132 Å². The van der Waals surface area contributed by atoms with Crippen LogP contribution in [0.25, 0.3) is 0 Å². The van der Waals surface area contributed by atoms with E-state index in [1.54, 1.807) is 0 Å². The normalized spacial score (nSPS) is 17.5. The third kappa shape index (κ3) is 29.9. The van der Waals surface area contributed by atoms with Gasteiger partial charge in [0.05, 0.1) is 18.8 Å². The van der Waals surface area contributed by atoms with E-state index in [9.17, 15) is 14.2 Å². The van der Waals surface area contributed by atoms with Crippen LogP contribution in [0.4, 0.5) is 0 Å². The minimum absolute atomic E-state index is 0.184. The minimum Gasteiger partial charge on any atom is -0.462 e. The maximum Gasteiger partial charge on any atom is 0.469 e. The maximum absolute atomic E-state index is 12.4. The number of rotatable bonds is 34. The lowest BCUT2D eigenvalue weighted by Crippen LogP contribution is -2.29. The van der Waals surface area contributed by atoms with Crippen LogP contribution in [0.1, 0.15) is 168 Å². The van der Waals surface area contributed by atoms with Crippen molar-refractivity contribution in [3.63, 3.8) is 0 Å². The number of hydrogen-bond donors (Lipinski definition) is 2. The van der Waals surface area contributed by atoms with E-state index < -0.39 is 32.5 Å². The number of allylic oxidation sites excluding steroid dienone is 4. The Morgan fingerprint density at radius 3 is 1.90 bits per heavy atom. The summed E-state index contributed by atoms with van der Waals surface area (Å²) in [6, 6.07) is 0. The number of carbonyl (C=O) groups is 2. The largest absolute Gasteiger partial charge is 0.469 e. The molecule has 4 atom stereocenters. The lowest BCUT2D eigenvalue weighted by atomic mass is 9.99. The number of ether oxygens (including phenoxy) is 3. The molecule has 1 fully saturated rings. The average Bonchev–Trinajstić information content (AvgIpc) is 3.84. The molecule has 1 aliphatic rings. The van der Waals surface area contributed by atoms with E-state index in [4.69, 9.17) is 24.0 Å². The van der Waals surface area contributed by atoms with Crippen LogP contribution < -0.4 is 0 Å². The Hall–Kier alpha value is -1.77. The van der Waals surface area contributed by atoms with Gasteiger partial charge < -0.3 is 24.0 Å². The summed E-state index contributed by atoms with van der Waals surface area (Å²) in [4.78, 5) is 42.8. The van der Waals surface area contributed by atoms with Crippen LogP contribution in [0.5, 0.6) is 0 Å². The molecule has 1 saturated heterocycles. The molecule has 0 bridgehead atoms. The lowest BCUT2D eigenvalue weighted by Gasteiger charge is -2.18. The summed E-state index contributed by atoms with van der Waals surface area (Å²) in [5.41, 5.74) is 0. The highest BCUT2D eigenvalue weighted by Crippen LogP contribution is 2.36. The van der Waals surface area contributed by atoms with Crippen molar-refractivity contribution in [2.75, 3.05) is 13.2 Å². The van der Waals surface area contributed by atoms with Gasteiger partial charge in [-0.05, 0) is 57.3 Å². The van der Waals surface area contributed by atoms with Crippen LogP contribution in [-0.2, 0) is 32.9 Å². The number of carbonyl (C=O) groups excluding carboxylic acids is 2. The van der Waals surface area contributed by atoms with Crippen molar-refractivity contribution in [3.8, 4) is 0 Å². The molecule has 0 aromatic carbocycles. The highest BCUT2D eigenvalue weighted by Gasteiger charge is 2.36. The first-order valence-electron chi connectivity index (χ1n) is 19.8. The predicted octanol–water partition coefficient (Wildman–Crippen LogP) is 10.6. The summed E-state index contributed by atoms with van der Waals surface area (Å²) >= 11 is 0. The number of esters is 2. The molecule has 10 heteroatoms. The zero-order valence-corrected chi connectivity index (χ0v) is 32.5. The number of hydrogen-bond acceptors (Lipinski definition) is 7. The second kappa shape index (κ2) is 30.8. The Balaban J connectivity index is 2.14. The fourth-order valence-electron chi connectivity index (χ4n) is 5.62. The van der Waals surface area contributed by atoms with E-state index in [1.165, 1.54) is 70.6 Å². The molecule has 0 aromatic heterocycles. The van der Waals surface area contributed by atoms with Crippen LogP contribution in [0.2, 0.25) is 0 Å². The first-order chi connectivity index (χ1) is 24.1. The average molecular weight is 727 g/mol. The second-order valence-electron chi connectivity index (χ2n) is 13.9. The molecule has 1 aliphatic heterocycles. The second-order valence-corrected chi connectivity index (χ2v) is 15.1. The molecule has 9 nitrogen and oxygen atoms in total. The van der Waals surface area contributed by atoms with Gasteiger partial charge in [0.25, 0.3) is 0 Å². The molecule has 0 amide bonds. The number of phosphoric ester groups is 1. The van der Waals surface area contributed by atoms with Crippen LogP contribution in [0, 0.1) is 5.92 Å². The maximum atomic E-state index is 12.4.